The van der Waals surface area contributed by atoms with E-state index in [0.717, 1.165) is 6.92 Å². The lowest BCUT2D eigenvalue weighted by Crippen LogP contribution is -2.28. The van der Waals surface area contributed by atoms with Crippen LogP contribution in [0.4, 0.5) is 13.2 Å². The van der Waals surface area contributed by atoms with Gasteiger partial charge in [-0.05, 0) is 13.8 Å². The Hall–Kier alpha value is -1.53. The van der Waals surface area contributed by atoms with E-state index in [-0.39, 0.29) is 6.61 Å². The Labute approximate surface area is 83.9 Å². The number of nitrogens with two attached hydrogens (primary N) is 1. The van der Waals surface area contributed by atoms with Gasteiger partial charge >= 0.3 is 12.1 Å². The molecular weight excluding hydrogens is 215 g/mol. The number of Topliss-reactive ketones (excluding diaryl/α,β-unsaturated/α-hetero) is 1. The summed E-state index contributed by atoms with van der Waals surface area (Å²) in [5.41, 5.74) is 1.77. The maximum Gasteiger partial charge on any atom is 0.431 e. The Kier molecular flexibility index (Phi) is 4.32. The molecule has 0 fully saturated rings. The van der Waals surface area contributed by atoms with Gasteiger partial charge in [0.2, 0.25) is 0 Å². The molecule has 4 nitrogen and oxygen atoms in total. The van der Waals surface area contributed by atoms with Crippen LogP contribution in [-0.4, -0.2) is 24.5 Å². The highest BCUT2D eigenvalue weighted by Crippen LogP contribution is 2.25. The van der Waals surface area contributed by atoms with E-state index in [9.17, 15) is 22.8 Å². The molecule has 0 aliphatic heterocycles. The van der Waals surface area contributed by atoms with E-state index in [1.165, 1.54) is 6.92 Å². The first kappa shape index (κ1) is 13.5. The van der Waals surface area contributed by atoms with Gasteiger partial charge in [-0.25, -0.2) is 4.79 Å². The molecule has 0 atom stereocenters. The summed E-state index contributed by atoms with van der Waals surface area (Å²) in [5.74, 6) is -2.44. The van der Waals surface area contributed by atoms with Crippen molar-refractivity contribution in [2.24, 2.45) is 5.73 Å². The maximum atomic E-state index is 12.1. The highest BCUT2D eigenvalue weighted by molar-refractivity contribution is 6.17. The van der Waals surface area contributed by atoms with Gasteiger partial charge in [0.25, 0.3) is 0 Å². The molecule has 0 saturated carbocycles. The number of alkyl halides is 3. The van der Waals surface area contributed by atoms with Gasteiger partial charge in [-0.3, -0.25) is 4.79 Å². The van der Waals surface area contributed by atoms with Crippen molar-refractivity contribution in [1.82, 2.24) is 0 Å². The third-order valence-electron chi connectivity index (χ3n) is 1.41. The van der Waals surface area contributed by atoms with Gasteiger partial charge in [0.05, 0.1) is 6.61 Å². The molecule has 0 unspecified atom stereocenters. The first-order valence-corrected chi connectivity index (χ1v) is 3.96. The molecule has 86 valence electrons. The fraction of sp³-hybridized carbons (Fsp3) is 0.500. The third-order valence-corrected chi connectivity index (χ3v) is 1.41. The Morgan fingerprint density at radius 1 is 1.33 bits per heavy atom. The average molecular weight is 225 g/mol. The summed E-state index contributed by atoms with van der Waals surface area (Å²) in [6.07, 6.45) is -4.92. The highest BCUT2D eigenvalue weighted by Gasteiger charge is 2.38. The van der Waals surface area contributed by atoms with E-state index in [1.54, 1.807) is 0 Å². The van der Waals surface area contributed by atoms with Crippen molar-refractivity contribution in [2.45, 2.75) is 20.0 Å². The van der Waals surface area contributed by atoms with Crippen LogP contribution in [-0.2, 0) is 14.3 Å². The van der Waals surface area contributed by atoms with Crippen LogP contribution >= 0.6 is 0 Å². The predicted octanol–water partition coefficient (Wildman–Crippen LogP) is 0.914. The van der Waals surface area contributed by atoms with E-state index in [2.05, 4.69) is 10.5 Å². The second-order valence-corrected chi connectivity index (χ2v) is 2.56. The number of halogens is 3. The topological polar surface area (TPSA) is 69.4 Å². The predicted molar refractivity (Wildman–Crippen MR) is 44.6 cm³/mol. The second kappa shape index (κ2) is 4.81. The van der Waals surface area contributed by atoms with Gasteiger partial charge in [0, 0.05) is 0 Å². The molecule has 0 spiro atoms. The zero-order chi connectivity index (χ0) is 12.2. The van der Waals surface area contributed by atoms with Gasteiger partial charge in [0.15, 0.2) is 5.78 Å². The van der Waals surface area contributed by atoms with Crippen molar-refractivity contribution in [3.8, 4) is 0 Å². The van der Waals surface area contributed by atoms with Gasteiger partial charge in [-0.15, -0.1) is 0 Å². The number of ether oxygens (including phenoxy) is 1. The molecule has 0 aromatic carbocycles. The molecule has 2 N–H and O–H groups in total. The summed E-state index contributed by atoms with van der Waals surface area (Å²) in [6.45, 7) is 2.07. The van der Waals surface area contributed by atoms with Crippen LogP contribution in [0.25, 0.3) is 0 Å². The first-order chi connectivity index (χ1) is 6.71. The van der Waals surface area contributed by atoms with Crippen LogP contribution in [0.15, 0.2) is 11.3 Å². The quantitative estimate of drug-likeness (QED) is 0.335. The summed E-state index contributed by atoms with van der Waals surface area (Å²) in [7, 11) is 0. The Morgan fingerprint density at radius 3 is 2.07 bits per heavy atom. The number of hydrogen-bond acceptors (Lipinski definition) is 4. The van der Waals surface area contributed by atoms with Crippen molar-refractivity contribution >= 4 is 11.8 Å². The van der Waals surface area contributed by atoms with E-state index >= 15 is 0 Å². The van der Waals surface area contributed by atoms with E-state index in [4.69, 9.17) is 0 Å². The zero-order valence-corrected chi connectivity index (χ0v) is 8.14. The maximum absolute atomic E-state index is 12.1. The summed E-state index contributed by atoms with van der Waals surface area (Å²) in [6, 6.07) is 0. The van der Waals surface area contributed by atoms with E-state index in [1.807, 2.05) is 0 Å². The molecule has 0 aromatic heterocycles. The lowest BCUT2D eigenvalue weighted by atomic mass is 10.1. The summed E-state index contributed by atoms with van der Waals surface area (Å²) in [4.78, 5) is 21.8. The minimum absolute atomic E-state index is 0.138. The molecule has 0 aromatic rings. The highest BCUT2D eigenvalue weighted by atomic mass is 19.4. The van der Waals surface area contributed by atoms with Gasteiger partial charge in [-0.1, -0.05) is 0 Å². The van der Waals surface area contributed by atoms with Crippen LogP contribution in [0.1, 0.15) is 13.8 Å². The molecule has 0 aliphatic rings. The second-order valence-electron chi connectivity index (χ2n) is 2.56. The first-order valence-electron chi connectivity index (χ1n) is 3.96. The van der Waals surface area contributed by atoms with Gasteiger partial charge in [0.1, 0.15) is 11.3 Å². The number of esters is 1. The zero-order valence-electron chi connectivity index (χ0n) is 8.14. The van der Waals surface area contributed by atoms with Gasteiger partial charge in [-0.2, -0.15) is 13.2 Å². The monoisotopic (exact) mass is 225 g/mol. The molecule has 0 heterocycles. The summed E-state index contributed by atoms with van der Waals surface area (Å²) < 4.78 is 40.6. The molecule has 0 aliphatic carbocycles. The smallest absolute Gasteiger partial charge is 0.431 e. The molecule has 0 bridgehead atoms. The average Bonchev–Trinajstić information content (AvgIpc) is 2.02. The number of carbonyl (C=O) groups excluding carboxylic acids is 2. The fourth-order valence-corrected chi connectivity index (χ4v) is 0.788. The van der Waals surface area contributed by atoms with Crippen LogP contribution in [0, 0.1) is 0 Å². The summed E-state index contributed by atoms with van der Waals surface area (Å²) >= 11 is 0. The van der Waals surface area contributed by atoms with E-state index in [0.29, 0.717) is 0 Å². The van der Waals surface area contributed by atoms with Crippen LogP contribution in [0.3, 0.4) is 0 Å². The van der Waals surface area contributed by atoms with Crippen molar-refractivity contribution in [3.05, 3.63) is 11.3 Å². The largest absolute Gasteiger partial charge is 0.462 e. The Balaban J connectivity index is 5.31. The number of carbonyl (C=O) groups is 2. The van der Waals surface area contributed by atoms with E-state index < -0.39 is 29.2 Å². The number of rotatable bonds is 3. The molecule has 7 heteroatoms. The van der Waals surface area contributed by atoms with Crippen LogP contribution < -0.4 is 5.73 Å². The number of ketones is 1. The SMILES string of the molecule is CCOC(=O)/C(C(C)=O)=C(\N)C(F)(F)F. The van der Waals surface area contributed by atoms with Crippen LogP contribution in [0.2, 0.25) is 0 Å². The van der Waals surface area contributed by atoms with Crippen LogP contribution in [0.5, 0.6) is 0 Å². The Bertz CT molecular complexity index is 307. The molecule has 0 saturated heterocycles. The molecule has 15 heavy (non-hydrogen) atoms. The lowest BCUT2D eigenvalue weighted by Gasteiger charge is -2.11. The number of hydrogen-bond donors (Lipinski definition) is 1. The molecule has 0 radical (unpaired) electrons. The normalized spacial score (nSPS) is 13.1. The third kappa shape index (κ3) is 3.61. The number of allylic oxidation sites excluding steroid dienone is 1. The summed E-state index contributed by atoms with van der Waals surface area (Å²) in [5, 5.41) is 0. The fourth-order valence-electron chi connectivity index (χ4n) is 0.788. The molecular formula is C8H10F3NO3. The van der Waals surface area contributed by atoms with Gasteiger partial charge < -0.3 is 10.5 Å². The van der Waals surface area contributed by atoms with Crippen molar-refractivity contribution in [1.29, 1.82) is 0 Å². The lowest BCUT2D eigenvalue weighted by molar-refractivity contribution is -0.141. The van der Waals surface area contributed by atoms with Crippen molar-refractivity contribution < 1.29 is 27.5 Å². The molecule has 0 rings (SSSR count). The minimum atomic E-state index is -4.92. The molecule has 0 amide bonds. The van der Waals surface area contributed by atoms with Crippen molar-refractivity contribution in [3.63, 3.8) is 0 Å². The standard InChI is InChI=1S/C8H10F3NO3/c1-3-15-7(14)5(4(2)13)6(12)8(9,10)11/h3,12H2,1-2H3/b6-5-. The minimum Gasteiger partial charge on any atom is -0.462 e. The Morgan fingerprint density at radius 2 is 1.80 bits per heavy atom. The van der Waals surface area contributed by atoms with Crippen molar-refractivity contribution in [2.75, 3.05) is 6.61 Å².